The Bertz CT molecular complexity index is 523. The molecule has 4 nitrogen and oxygen atoms in total. The minimum Gasteiger partial charge on any atom is -0.463 e. The van der Waals surface area contributed by atoms with E-state index in [0.29, 0.717) is 12.2 Å². The molecule has 0 aliphatic heterocycles. The van der Waals surface area contributed by atoms with Gasteiger partial charge in [-0.2, -0.15) is 0 Å². The maximum atomic E-state index is 12.9. The third-order valence-corrected chi connectivity index (χ3v) is 5.72. The largest absolute Gasteiger partial charge is 0.463 e. The van der Waals surface area contributed by atoms with E-state index in [-0.39, 0.29) is 5.92 Å². The molecule has 1 aliphatic rings. The Hall–Kier alpha value is -1.39. The Morgan fingerprint density at radius 3 is 2.38 bits per heavy atom. The van der Waals surface area contributed by atoms with Crippen molar-refractivity contribution in [3.05, 3.63) is 35.9 Å². The quantitative estimate of drug-likeness (QED) is 0.503. The lowest BCUT2D eigenvalue weighted by Gasteiger charge is -2.36. The summed E-state index contributed by atoms with van der Waals surface area (Å²) in [6, 6.07) is 9.34. The van der Waals surface area contributed by atoms with E-state index in [2.05, 4.69) is 18.7 Å². The molecule has 1 aromatic rings. The van der Waals surface area contributed by atoms with Gasteiger partial charge >= 0.3 is 5.97 Å². The van der Waals surface area contributed by atoms with Gasteiger partial charge in [0.25, 0.3) is 0 Å². The lowest BCUT2D eigenvalue weighted by atomic mass is 9.73. The van der Waals surface area contributed by atoms with Crippen LogP contribution in [-0.2, 0) is 15.1 Å². The molecule has 26 heavy (non-hydrogen) atoms. The van der Waals surface area contributed by atoms with Crippen LogP contribution in [0.1, 0.15) is 64.4 Å². The molecule has 146 valence electrons. The highest BCUT2D eigenvalue weighted by Crippen LogP contribution is 2.40. The molecule has 1 aliphatic carbocycles. The topological polar surface area (TPSA) is 49.8 Å². The Kier molecular flexibility index (Phi) is 8.60. The van der Waals surface area contributed by atoms with E-state index >= 15 is 0 Å². The number of carbonyl (C=O) groups excluding carboxylic acids is 1. The van der Waals surface area contributed by atoms with Crippen LogP contribution in [0.2, 0.25) is 0 Å². The summed E-state index contributed by atoms with van der Waals surface area (Å²) in [5.41, 5.74) is -0.847. The Labute approximate surface area is 158 Å². The van der Waals surface area contributed by atoms with Gasteiger partial charge in [-0.3, -0.25) is 0 Å². The maximum absolute atomic E-state index is 12.9. The predicted octanol–water partition coefficient (Wildman–Crippen LogP) is 4.12. The Morgan fingerprint density at radius 1 is 1.12 bits per heavy atom. The zero-order valence-corrected chi connectivity index (χ0v) is 16.5. The average Bonchev–Trinajstić information content (AvgIpc) is 2.71. The van der Waals surface area contributed by atoms with Crippen LogP contribution in [-0.4, -0.2) is 42.2 Å². The zero-order chi connectivity index (χ0) is 18.8. The molecule has 0 spiro atoms. The van der Waals surface area contributed by atoms with Crippen molar-refractivity contribution in [1.82, 2.24) is 4.90 Å². The van der Waals surface area contributed by atoms with Crippen molar-refractivity contribution < 1.29 is 14.6 Å². The van der Waals surface area contributed by atoms with Crippen LogP contribution in [0, 0.1) is 5.92 Å². The van der Waals surface area contributed by atoms with Gasteiger partial charge in [0.1, 0.15) is 0 Å². The number of ether oxygens (including phenoxy) is 1. The second kappa shape index (κ2) is 10.7. The number of hydrogen-bond acceptors (Lipinski definition) is 4. The Morgan fingerprint density at radius 2 is 1.77 bits per heavy atom. The van der Waals surface area contributed by atoms with Crippen LogP contribution >= 0.6 is 0 Å². The number of unbranched alkanes of at least 4 members (excludes halogenated alkanes) is 1. The van der Waals surface area contributed by atoms with Crippen molar-refractivity contribution >= 4 is 5.97 Å². The molecule has 1 fully saturated rings. The molecule has 0 saturated heterocycles. The first-order valence-corrected chi connectivity index (χ1v) is 10.3. The second-order valence-electron chi connectivity index (χ2n) is 7.34. The smallest absolute Gasteiger partial charge is 0.343 e. The van der Waals surface area contributed by atoms with Crippen LogP contribution in [0.4, 0.5) is 0 Å². The number of aliphatic hydroxyl groups is 1. The summed E-state index contributed by atoms with van der Waals surface area (Å²) in [4.78, 5) is 15.3. The van der Waals surface area contributed by atoms with Gasteiger partial charge in [0.15, 0.2) is 5.60 Å². The van der Waals surface area contributed by atoms with Crippen molar-refractivity contribution in [3.8, 4) is 0 Å². The number of esters is 1. The minimum atomic E-state index is -1.51. The highest BCUT2D eigenvalue weighted by Gasteiger charge is 2.46. The van der Waals surface area contributed by atoms with Crippen LogP contribution in [0.25, 0.3) is 0 Å². The fourth-order valence-electron chi connectivity index (χ4n) is 3.99. The molecule has 0 radical (unpaired) electrons. The molecule has 2 rings (SSSR count). The summed E-state index contributed by atoms with van der Waals surface area (Å²) < 4.78 is 5.56. The van der Waals surface area contributed by atoms with Crippen LogP contribution in [0.3, 0.4) is 0 Å². The van der Waals surface area contributed by atoms with Gasteiger partial charge in [-0.15, -0.1) is 0 Å². The van der Waals surface area contributed by atoms with Gasteiger partial charge in [-0.1, -0.05) is 63.4 Å². The van der Waals surface area contributed by atoms with Crippen molar-refractivity contribution in [1.29, 1.82) is 0 Å². The summed E-state index contributed by atoms with van der Waals surface area (Å²) in [7, 11) is 0. The highest BCUT2D eigenvalue weighted by molar-refractivity contribution is 5.81. The molecule has 1 atom stereocenters. The number of nitrogens with zero attached hydrogens (tertiary/aromatic N) is 1. The van der Waals surface area contributed by atoms with E-state index in [1.54, 1.807) is 0 Å². The Balaban J connectivity index is 1.96. The summed E-state index contributed by atoms with van der Waals surface area (Å²) in [6.45, 7) is 7.82. The van der Waals surface area contributed by atoms with Gasteiger partial charge in [0, 0.05) is 5.92 Å². The second-order valence-corrected chi connectivity index (χ2v) is 7.34. The van der Waals surface area contributed by atoms with E-state index in [1.807, 2.05) is 30.3 Å². The molecular weight excluding hydrogens is 326 g/mol. The zero-order valence-electron chi connectivity index (χ0n) is 16.5. The van der Waals surface area contributed by atoms with E-state index < -0.39 is 11.6 Å². The van der Waals surface area contributed by atoms with Gasteiger partial charge in [0.2, 0.25) is 0 Å². The van der Waals surface area contributed by atoms with Crippen LogP contribution < -0.4 is 0 Å². The van der Waals surface area contributed by atoms with E-state index in [1.165, 1.54) is 6.42 Å². The number of rotatable bonds is 10. The number of carbonyl (C=O) groups is 1. The molecule has 1 aromatic carbocycles. The maximum Gasteiger partial charge on any atom is 0.343 e. The van der Waals surface area contributed by atoms with Gasteiger partial charge in [0.05, 0.1) is 6.61 Å². The summed E-state index contributed by atoms with van der Waals surface area (Å²) in [5, 5.41) is 11.4. The molecule has 0 amide bonds. The van der Waals surface area contributed by atoms with E-state index in [9.17, 15) is 9.90 Å². The summed E-state index contributed by atoms with van der Waals surface area (Å²) in [5.74, 6) is -0.528. The molecule has 4 heteroatoms. The molecule has 0 aromatic heterocycles. The lowest BCUT2D eigenvalue weighted by Crippen LogP contribution is -2.45. The molecular formula is C22H35NO3. The highest BCUT2D eigenvalue weighted by atomic mass is 16.5. The fourth-order valence-corrected chi connectivity index (χ4v) is 3.99. The number of hydrogen-bond donors (Lipinski definition) is 1. The third kappa shape index (κ3) is 5.31. The lowest BCUT2D eigenvalue weighted by molar-refractivity contribution is -0.175. The van der Waals surface area contributed by atoms with Crippen LogP contribution in [0.15, 0.2) is 30.3 Å². The SMILES string of the molecule is CCN(CC)CCCCOC(=O)C(O)(c1ccccc1)C1CCCCC1. The molecule has 1 unspecified atom stereocenters. The molecule has 0 heterocycles. The van der Waals surface area contributed by atoms with Crippen molar-refractivity contribution in [2.75, 3.05) is 26.2 Å². The first-order chi connectivity index (χ1) is 12.6. The van der Waals surface area contributed by atoms with Crippen LogP contribution in [0.5, 0.6) is 0 Å². The fraction of sp³-hybridized carbons (Fsp3) is 0.682. The summed E-state index contributed by atoms with van der Waals surface area (Å²) in [6.07, 6.45) is 6.90. The first kappa shape index (κ1) is 20.9. The first-order valence-electron chi connectivity index (χ1n) is 10.3. The van der Waals surface area contributed by atoms with Gasteiger partial charge in [-0.05, 0) is 50.9 Å². The standard InChI is InChI=1S/C22H35NO3/c1-3-23(4-2)17-11-12-18-26-21(24)22(25,19-13-7-5-8-14-19)20-15-9-6-10-16-20/h5,7-8,13-14,20,25H,3-4,6,9-12,15-18H2,1-2H3. The minimum absolute atomic E-state index is 0.0539. The monoisotopic (exact) mass is 361 g/mol. The van der Waals surface area contributed by atoms with Crippen molar-refractivity contribution in [3.63, 3.8) is 0 Å². The van der Waals surface area contributed by atoms with Gasteiger partial charge < -0.3 is 14.7 Å². The van der Waals surface area contributed by atoms with Gasteiger partial charge in [-0.25, -0.2) is 4.79 Å². The average molecular weight is 362 g/mol. The van der Waals surface area contributed by atoms with Crippen molar-refractivity contribution in [2.24, 2.45) is 5.92 Å². The molecule has 1 N–H and O–H groups in total. The normalized spacial score (nSPS) is 17.8. The predicted molar refractivity (Wildman–Crippen MR) is 105 cm³/mol. The third-order valence-electron chi connectivity index (χ3n) is 5.72. The molecule has 0 bridgehead atoms. The molecule has 1 saturated carbocycles. The summed E-state index contributed by atoms with van der Waals surface area (Å²) >= 11 is 0. The van der Waals surface area contributed by atoms with E-state index in [0.717, 1.165) is 58.2 Å². The van der Waals surface area contributed by atoms with Crippen molar-refractivity contribution in [2.45, 2.75) is 64.4 Å². The number of benzene rings is 1. The van der Waals surface area contributed by atoms with E-state index in [4.69, 9.17) is 4.74 Å².